The third-order valence-electron chi connectivity index (χ3n) is 4.99. The molecule has 1 unspecified atom stereocenters. The highest BCUT2D eigenvalue weighted by molar-refractivity contribution is 7.11. The first-order chi connectivity index (χ1) is 11.6. The Morgan fingerprint density at radius 1 is 1.29 bits per heavy atom. The first kappa shape index (κ1) is 15.7. The summed E-state index contributed by atoms with van der Waals surface area (Å²) in [6.07, 6.45) is 3.26. The summed E-state index contributed by atoms with van der Waals surface area (Å²) in [5.41, 5.74) is 3.62. The molecule has 1 aromatic carbocycles. The highest BCUT2D eigenvalue weighted by atomic mass is 32.1. The SMILES string of the molecule is O=C(c1cncs1)N1CCC(O)(CN2CCc3ccccc3C2)C1. The topological polar surface area (TPSA) is 56.7 Å². The zero-order valence-electron chi connectivity index (χ0n) is 13.5. The van der Waals surface area contributed by atoms with Gasteiger partial charge in [0.15, 0.2) is 0 Å². The van der Waals surface area contributed by atoms with E-state index in [1.54, 1.807) is 16.6 Å². The molecule has 0 radical (unpaired) electrons. The lowest BCUT2D eigenvalue weighted by molar-refractivity contribution is 0.00810. The number of rotatable bonds is 3. The number of hydrogen-bond acceptors (Lipinski definition) is 5. The third kappa shape index (κ3) is 3.09. The fraction of sp³-hybridized carbons (Fsp3) is 0.444. The number of benzene rings is 1. The predicted octanol–water partition coefficient (Wildman–Crippen LogP) is 1.78. The van der Waals surface area contributed by atoms with Crippen LogP contribution in [0, 0.1) is 0 Å². The summed E-state index contributed by atoms with van der Waals surface area (Å²) in [6.45, 7) is 3.47. The molecule has 1 saturated heterocycles. The van der Waals surface area contributed by atoms with E-state index in [2.05, 4.69) is 34.1 Å². The van der Waals surface area contributed by atoms with Crippen LogP contribution >= 0.6 is 11.3 Å². The van der Waals surface area contributed by atoms with Gasteiger partial charge in [0.25, 0.3) is 5.91 Å². The molecule has 2 aromatic rings. The number of fused-ring (bicyclic) bond motifs is 1. The van der Waals surface area contributed by atoms with E-state index >= 15 is 0 Å². The lowest BCUT2D eigenvalue weighted by atomic mass is 9.97. The molecule has 6 heteroatoms. The van der Waals surface area contributed by atoms with Crippen molar-refractivity contribution in [2.75, 3.05) is 26.2 Å². The molecule has 5 nitrogen and oxygen atoms in total. The molecule has 0 bridgehead atoms. The second-order valence-electron chi connectivity index (χ2n) is 6.80. The molecule has 1 fully saturated rings. The van der Waals surface area contributed by atoms with E-state index in [1.165, 1.54) is 22.5 Å². The number of β-amino-alcohol motifs (C(OH)–C–C–N with tert-alkyl or cyclic N) is 1. The molecular formula is C18H21N3O2S. The van der Waals surface area contributed by atoms with Gasteiger partial charge in [-0.3, -0.25) is 14.7 Å². The fourth-order valence-corrected chi connectivity index (χ4v) is 4.33. The Bertz CT molecular complexity index is 734. The minimum absolute atomic E-state index is 0.0163. The van der Waals surface area contributed by atoms with Crippen molar-refractivity contribution in [2.24, 2.45) is 0 Å². The molecule has 4 rings (SSSR count). The van der Waals surface area contributed by atoms with Gasteiger partial charge < -0.3 is 10.0 Å². The van der Waals surface area contributed by atoms with Gasteiger partial charge in [-0.1, -0.05) is 24.3 Å². The van der Waals surface area contributed by atoms with Crippen molar-refractivity contribution in [3.05, 3.63) is 52.0 Å². The number of carbonyl (C=O) groups excluding carboxylic acids is 1. The van der Waals surface area contributed by atoms with Crippen LogP contribution in [0.2, 0.25) is 0 Å². The average Bonchev–Trinajstić information content (AvgIpc) is 3.24. The van der Waals surface area contributed by atoms with E-state index in [0.29, 0.717) is 30.9 Å². The Balaban J connectivity index is 1.40. The number of hydrogen-bond donors (Lipinski definition) is 1. The van der Waals surface area contributed by atoms with Crippen molar-refractivity contribution < 1.29 is 9.90 Å². The summed E-state index contributed by atoms with van der Waals surface area (Å²) in [6, 6.07) is 8.51. The number of likely N-dealkylation sites (tertiary alicyclic amines) is 1. The molecule has 126 valence electrons. The van der Waals surface area contributed by atoms with Crippen LogP contribution in [0.15, 0.2) is 36.0 Å². The quantitative estimate of drug-likeness (QED) is 0.923. The molecule has 2 aliphatic rings. The van der Waals surface area contributed by atoms with E-state index in [9.17, 15) is 9.90 Å². The first-order valence-corrected chi connectivity index (χ1v) is 9.20. The molecule has 2 aliphatic heterocycles. The number of carbonyl (C=O) groups is 1. The smallest absolute Gasteiger partial charge is 0.265 e. The number of amides is 1. The Kier molecular flexibility index (Phi) is 4.12. The highest BCUT2D eigenvalue weighted by Gasteiger charge is 2.40. The van der Waals surface area contributed by atoms with Crippen LogP contribution in [0.5, 0.6) is 0 Å². The van der Waals surface area contributed by atoms with Crippen LogP contribution in [0.25, 0.3) is 0 Å². The number of aliphatic hydroxyl groups is 1. The maximum Gasteiger partial charge on any atom is 0.265 e. The summed E-state index contributed by atoms with van der Waals surface area (Å²) in [7, 11) is 0. The van der Waals surface area contributed by atoms with Gasteiger partial charge in [-0.2, -0.15) is 0 Å². The van der Waals surface area contributed by atoms with Gasteiger partial charge in [-0.25, -0.2) is 0 Å². The minimum atomic E-state index is -0.813. The van der Waals surface area contributed by atoms with Crippen molar-refractivity contribution in [3.8, 4) is 0 Å². The monoisotopic (exact) mass is 343 g/mol. The fourth-order valence-electron chi connectivity index (χ4n) is 3.74. The Morgan fingerprint density at radius 2 is 2.12 bits per heavy atom. The molecule has 3 heterocycles. The summed E-state index contributed by atoms with van der Waals surface area (Å²) >= 11 is 1.35. The lowest BCUT2D eigenvalue weighted by Gasteiger charge is -2.34. The lowest BCUT2D eigenvalue weighted by Crippen LogP contribution is -2.47. The maximum atomic E-state index is 12.4. The predicted molar refractivity (Wildman–Crippen MR) is 93.0 cm³/mol. The summed E-state index contributed by atoms with van der Waals surface area (Å²) < 4.78 is 0. The molecule has 1 aromatic heterocycles. The third-order valence-corrected chi connectivity index (χ3v) is 5.75. The van der Waals surface area contributed by atoms with Gasteiger partial charge in [0.2, 0.25) is 0 Å². The summed E-state index contributed by atoms with van der Waals surface area (Å²) in [5.74, 6) is -0.0163. The van der Waals surface area contributed by atoms with Crippen molar-refractivity contribution >= 4 is 17.2 Å². The van der Waals surface area contributed by atoms with Gasteiger partial charge in [0.05, 0.1) is 23.9 Å². The van der Waals surface area contributed by atoms with Crippen molar-refractivity contribution in [3.63, 3.8) is 0 Å². The molecule has 1 amide bonds. The van der Waals surface area contributed by atoms with E-state index < -0.39 is 5.60 Å². The van der Waals surface area contributed by atoms with Crippen molar-refractivity contribution in [1.82, 2.24) is 14.8 Å². The van der Waals surface area contributed by atoms with Crippen LogP contribution in [-0.4, -0.2) is 57.6 Å². The zero-order valence-corrected chi connectivity index (χ0v) is 14.3. The van der Waals surface area contributed by atoms with Crippen LogP contribution < -0.4 is 0 Å². The molecule has 0 spiro atoms. The Labute approximate surface area is 145 Å². The van der Waals surface area contributed by atoms with E-state index in [4.69, 9.17) is 0 Å². The van der Waals surface area contributed by atoms with Gasteiger partial charge in [-0.05, 0) is 24.0 Å². The zero-order chi connectivity index (χ0) is 16.6. The van der Waals surface area contributed by atoms with Crippen molar-refractivity contribution in [2.45, 2.75) is 25.0 Å². The molecule has 1 N–H and O–H groups in total. The minimum Gasteiger partial charge on any atom is -0.387 e. The summed E-state index contributed by atoms with van der Waals surface area (Å²) in [4.78, 5) is 21.1. The van der Waals surface area contributed by atoms with Crippen LogP contribution in [0.1, 0.15) is 27.2 Å². The van der Waals surface area contributed by atoms with Gasteiger partial charge in [0.1, 0.15) is 4.88 Å². The van der Waals surface area contributed by atoms with Gasteiger partial charge in [-0.15, -0.1) is 11.3 Å². The average molecular weight is 343 g/mol. The normalized spacial score (nSPS) is 24.1. The van der Waals surface area contributed by atoms with E-state index in [-0.39, 0.29) is 5.91 Å². The van der Waals surface area contributed by atoms with Gasteiger partial charge >= 0.3 is 0 Å². The van der Waals surface area contributed by atoms with E-state index in [0.717, 1.165) is 19.5 Å². The standard InChI is InChI=1S/C18H21N3O2S/c22-17(16-9-19-13-24-16)21-8-6-18(23,12-21)11-20-7-5-14-3-1-2-4-15(14)10-20/h1-4,9,13,23H,5-8,10-12H2. The van der Waals surface area contributed by atoms with E-state index in [1.807, 2.05) is 0 Å². The number of aromatic nitrogens is 1. The van der Waals surface area contributed by atoms with Gasteiger partial charge in [0, 0.05) is 26.2 Å². The second kappa shape index (κ2) is 6.27. The molecular weight excluding hydrogens is 322 g/mol. The van der Waals surface area contributed by atoms with Crippen LogP contribution in [0.3, 0.4) is 0 Å². The van der Waals surface area contributed by atoms with Crippen LogP contribution in [-0.2, 0) is 13.0 Å². The number of thiazole rings is 1. The number of nitrogens with zero attached hydrogens (tertiary/aromatic N) is 3. The Hall–Kier alpha value is -1.76. The molecule has 0 aliphatic carbocycles. The second-order valence-corrected chi connectivity index (χ2v) is 7.68. The Morgan fingerprint density at radius 3 is 2.92 bits per heavy atom. The summed E-state index contributed by atoms with van der Waals surface area (Å²) in [5, 5.41) is 11.0. The highest BCUT2D eigenvalue weighted by Crippen LogP contribution is 2.27. The molecule has 24 heavy (non-hydrogen) atoms. The largest absolute Gasteiger partial charge is 0.387 e. The maximum absolute atomic E-state index is 12.4. The van der Waals surface area contributed by atoms with Crippen molar-refractivity contribution in [1.29, 1.82) is 0 Å². The first-order valence-electron chi connectivity index (χ1n) is 8.32. The van der Waals surface area contributed by atoms with Crippen LogP contribution in [0.4, 0.5) is 0 Å². The molecule has 1 atom stereocenters. The molecule has 0 saturated carbocycles.